The van der Waals surface area contributed by atoms with E-state index in [2.05, 4.69) is 10.2 Å². The summed E-state index contributed by atoms with van der Waals surface area (Å²) < 4.78 is 0.900. The fourth-order valence-electron chi connectivity index (χ4n) is 1.38. The van der Waals surface area contributed by atoms with E-state index in [1.165, 1.54) is 11.3 Å². The van der Waals surface area contributed by atoms with E-state index in [0.29, 0.717) is 18.2 Å². The molecule has 0 aliphatic heterocycles. The Kier molecular flexibility index (Phi) is 3.06. The second kappa shape index (κ2) is 4.14. The number of aromatic nitrogens is 2. The van der Waals surface area contributed by atoms with E-state index in [4.69, 9.17) is 5.73 Å². The molecule has 3 N–H and O–H groups in total. The van der Waals surface area contributed by atoms with E-state index in [1.807, 2.05) is 0 Å². The molecular formula is C8H13N3OS2. The Morgan fingerprint density at radius 2 is 2.50 bits per heavy atom. The van der Waals surface area contributed by atoms with Gasteiger partial charge in [-0.15, -0.1) is 10.2 Å². The molecule has 1 aliphatic rings. The topological polar surface area (TPSA) is 72.0 Å². The fraction of sp³-hybridized carbons (Fsp3) is 0.750. The van der Waals surface area contributed by atoms with Crippen molar-refractivity contribution in [2.24, 2.45) is 11.7 Å². The second-order valence-electron chi connectivity index (χ2n) is 3.58. The van der Waals surface area contributed by atoms with E-state index < -0.39 is 5.60 Å². The zero-order chi connectivity index (χ0) is 10.0. The third-order valence-corrected chi connectivity index (χ3v) is 4.57. The Hall–Kier alpha value is -0.170. The molecule has 1 atom stereocenters. The summed E-state index contributed by atoms with van der Waals surface area (Å²) in [5, 5.41) is 17.8. The fourth-order valence-corrected chi connectivity index (χ4v) is 3.07. The van der Waals surface area contributed by atoms with Crippen molar-refractivity contribution >= 4 is 23.1 Å². The van der Waals surface area contributed by atoms with Crippen LogP contribution in [0.5, 0.6) is 0 Å². The van der Waals surface area contributed by atoms with Crippen molar-refractivity contribution in [3.8, 4) is 0 Å². The van der Waals surface area contributed by atoms with E-state index in [-0.39, 0.29) is 0 Å². The molecule has 1 aromatic rings. The summed E-state index contributed by atoms with van der Waals surface area (Å²) in [4.78, 5) is 0. The van der Waals surface area contributed by atoms with Crippen LogP contribution in [0.4, 0.5) is 0 Å². The van der Waals surface area contributed by atoms with Crippen molar-refractivity contribution in [2.75, 3.05) is 12.3 Å². The van der Waals surface area contributed by atoms with Gasteiger partial charge in [0.2, 0.25) is 0 Å². The van der Waals surface area contributed by atoms with Gasteiger partial charge in [0.1, 0.15) is 5.51 Å². The summed E-state index contributed by atoms with van der Waals surface area (Å²) in [5.41, 5.74) is 6.59. The average molecular weight is 231 g/mol. The Labute approximate surface area is 90.9 Å². The van der Waals surface area contributed by atoms with Gasteiger partial charge in [0.25, 0.3) is 0 Å². The van der Waals surface area contributed by atoms with E-state index in [1.54, 1.807) is 17.3 Å². The highest BCUT2D eigenvalue weighted by Gasteiger charge is 2.42. The molecule has 78 valence electrons. The van der Waals surface area contributed by atoms with Crippen LogP contribution in [-0.4, -0.2) is 33.2 Å². The molecule has 1 aliphatic carbocycles. The number of hydrogen-bond donors (Lipinski definition) is 2. The molecule has 0 amide bonds. The van der Waals surface area contributed by atoms with Gasteiger partial charge in [-0.3, -0.25) is 0 Å². The Bertz CT molecular complexity index is 289. The van der Waals surface area contributed by atoms with Gasteiger partial charge in [-0.25, -0.2) is 0 Å². The largest absolute Gasteiger partial charge is 0.387 e. The molecule has 0 bridgehead atoms. The lowest BCUT2D eigenvalue weighted by Crippen LogP contribution is -2.42. The summed E-state index contributed by atoms with van der Waals surface area (Å²) >= 11 is 3.04. The predicted octanol–water partition coefficient (Wildman–Crippen LogP) is 0.730. The molecular weight excluding hydrogens is 218 g/mol. The van der Waals surface area contributed by atoms with Gasteiger partial charge in [0.15, 0.2) is 4.34 Å². The molecule has 2 rings (SSSR count). The number of aliphatic hydroxyl groups is 1. The van der Waals surface area contributed by atoms with Crippen molar-refractivity contribution in [2.45, 2.75) is 22.8 Å². The van der Waals surface area contributed by atoms with Crippen LogP contribution >= 0.6 is 23.1 Å². The summed E-state index contributed by atoms with van der Waals surface area (Å²) in [5.74, 6) is 1.02. The van der Waals surface area contributed by atoms with Crippen LogP contribution in [0.25, 0.3) is 0 Å². The standard InChI is InChI=1S/C8H13N3OS2/c9-3-8(12,6-1-2-6)4-13-7-11-10-5-14-7/h5-6,12H,1-4,9H2. The van der Waals surface area contributed by atoms with Gasteiger partial charge in [0, 0.05) is 12.3 Å². The van der Waals surface area contributed by atoms with Crippen LogP contribution in [0.3, 0.4) is 0 Å². The molecule has 14 heavy (non-hydrogen) atoms. The highest BCUT2D eigenvalue weighted by molar-refractivity contribution is 8.01. The highest BCUT2D eigenvalue weighted by Crippen LogP contribution is 2.41. The van der Waals surface area contributed by atoms with Crippen molar-refractivity contribution in [1.29, 1.82) is 0 Å². The zero-order valence-electron chi connectivity index (χ0n) is 7.72. The Morgan fingerprint density at radius 3 is 3.00 bits per heavy atom. The minimum Gasteiger partial charge on any atom is -0.387 e. The molecule has 4 nitrogen and oxygen atoms in total. The average Bonchev–Trinajstić information content (AvgIpc) is 2.94. The Morgan fingerprint density at radius 1 is 1.71 bits per heavy atom. The molecule has 1 saturated carbocycles. The monoisotopic (exact) mass is 231 g/mol. The molecule has 0 saturated heterocycles. The van der Waals surface area contributed by atoms with Crippen LogP contribution in [0.2, 0.25) is 0 Å². The number of nitrogens with zero attached hydrogens (tertiary/aromatic N) is 2. The van der Waals surface area contributed by atoms with Crippen LogP contribution in [0.15, 0.2) is 9.85 Å². The van der Waals surface area contributed by atoms with E-state index in [0.717, 1.165) is 17.2 Å². The summed E-state index contributed by atoms with van der Waals surface area (Å²) in [6, 6.07) is 0. The summed E-state index contributed by atoms with van der Waals surface area (Å²) in [6.45, 7) is 0.337. The lowest BCUT2D eigenvalue weighted by Gasteiger charge is -2.25. The lowest BCUT2D eigenvalue weighted by molar-refractivity contribution is 0.0510. The first-order valence-corrected chi connectivity index (χ1v) is 6.42. The number of nitrogens with two attached hydrogens (primary N) is 1. The minimum atomic E-state index is -0.698. The van der Waals surface area contributed by atoms with Gasteiger partial charge in [0.05, 0.1) is 5.60 Å². The first kappa shape index (κ1) is 10.4. The van der Waals surface area contributed by atoms with Crippen LogP contribution in [0, 0.1) is 5.92 Å². The maximum absolute atomic E-state index is 10.2. The normalized spacial score (nSPS) is 20.7. The molecule has 1 fully saturated rings. The quantitative estimate of drug-likeness (QED) is 0.731. The smallest absolute Gasteiger partial charge is 0.174 e. The minimum absolute atomic E-state index is 0.337. The van der Waals surface area contributed by atoms with E-state index >= 15 is 0 Å². The number of thioether (sulfide) groups is 1. The SMILES string of the molecule is NCC(O)(CSc1nncs1)C1CC1. The van der Waals surface area contributed by atoms with Crippen molar-refractivity contribution in [3.05, 3.63) is 5.51 Å². The van der Waals surface area contributed by atoms with Gasteiger partial charge in [-0.2, -0.15) is 0 Å². The summed E-state index contributed by atoms with van der Waals surface area (Å²) in [6.07, 6.45) is 2.20. The van der Waals surface area contributed by atoms with Crippen molar-refractivity contribution in [1.82, 2.24) is 10.2 Å². The molecule has 0 spiro atoms. The van der Waals surface area contributed by atoms with Gasteiger partial charge in [-0.05, 0) is 18.8 Å². The molecule has 1 aromatic heterocycles. The van der Waals surface area contributed by atoms with Crippen LogP contribution in [-0.2, 0) is 0 Å². The third kappa shape index (κ3) is 2.25. The van der Waals surface area contributed by atoms with Gasteiger partial charge < -0.3 is 10.8 Å². The lowest BCUT2D eigenvalue weighted by atomic mass is 10.0. The number of hydrogen-bond acceptors (Lipinski definition) is 6. The third-order valence-electron chi connectivity index (χ3n) is 2.48. The molecule has 0 aromatic carbocycles. The van der Waals surface area contributed by atoms with Gasteiger partial charge >= 0.3 is 0 Å². The van der Waals surface area contributed by atoms with E-state index in [9.17, 15) is 5.11 Å². The second-order valence-corrected chi connectivity index (χ2v) is 5.63. The van der Waals surface area contributed by atoms with Crippen molar-refractivity contribution in [3.63, 3.8) is 0 Å². The first-order chi connectivity index (χ1) is 6.74. The molecule has 6 heteroatoms. The maximum Gasteiger partial charge on any atom is 0.174 e. The number of rotatable bonds is 5. The van der Waals surface area contributed by atoms with Gasteiger partial charge in [-0.1, -0.05) is 23.1 Å². The first-order valence-electron chi connectivity index (χ1n) is 4.56. The Balaban J connectivity index is 1.89. The predicted molar refractivity (Wildman–Crippen MR) is 57.4 cm³/mol. The maximum atomic E-state index is 10.2. The highest BCUT2D eigenvalue weighted by atomic mass is 32.2. The summed E-state index contributed by atoms with van der Waals surface area (Å²) in [7, 11) is 0. The van der Waals surface area contributed by atoms with Crippen LogP contribution < -0.4 is 5.73 Å². The molecule has 1 unspecified atom stereocenters. The van der Waals surface area contributed by atoms with Crippen molar-refractivity contribution < 1.29 is 5.11 Å². The van der Waals surface area contributed by atoms with Crippen LogP contribution in [0.1, 0.15) is 12.8 Å². The zero-order valence-corrected chi connectivity index (χ0v) is 9.35. The molecule has 1 heterocycles. The molecule has 0 radical (unpaired) electrons.